The molecule has 3 heterocycles. The quantitative estimate of drug-likeness (QED) is 0.546. The summed E-state index contributed by atoms with van der Waals surface area (Å²) < 4.78 is 13.0. The lowest BCUT2D eigenvalue weighted by atomic mass is 9.73. The fourth-order valence-corrected chi connectivity index (χ4v) is 5.64. The number of amides is 2. The van der Waals surface area contributed by atoms with Crippen molar-refractivity contribution in [1.82, 2.24) is 25.2 Å². The predicted octanol–water partition coefficient (Wildman–Crippen LogP) is 4.12. The third-order valence-corrected chi connectivity index (χ3v) is 8.09. The first-order valence-corrected chi connectivity index (χ1v) is 13.8. The van der Waals surface area contributed by atoms with Crippen LogP contribution in [0.5, 0.6) is 11.5 Å². The summed E-state index contributed by atoms with van der Waals surface area (Å²) in [5, 5.41) is 11.7. The minimum Gasteiger partial charge on any atom is -0.497 e. The molecule has 206 valence electrons. The second-order valence-electron chi connectivity index (χ2n) is 10.7. The molecule has 9 heteroatoms. The average molecular weight is 532 g/mol. The summed E-state index contributed by atoms with van der Waals surface area (Å²) >= 11 is 0. The highest BCUT2D eigenvalue weighted by Crippen LogP contribution is 2.38. The molecule has 1 atom stereocenters. The highest BCUT2D eigenvalue weighted by molar-refractivity contribution is 5.93. The normalized spacial score (nSPS) is 19.7. The number of para-hydroxylation sites is 1. The van der Waals surface area contributed by atoms with Gasteiger partial charge in [-0.05, 0) is 81.8 Å². The number of fused-ring (bicyclic) bond motifs is 1. The second-order valence-corrected chi connectivity index (χ2v) is 10.7. The van der Waals surface area contributed by atoms with Crippen LogP contribution in [-0.2, 0) is 11.2 Å². The standard InChI is InChI=1S/C30H37N5O4/c1-21-20-39-26-10-5-4-8-23(26)9-6-7-15-30(29(37)31-21)16-18-34(19-17-30)28(36)27-22(2)35(33-32-27)24-11-13-25(38-3)14-12-24/h4-5,8,10-14,21H,6-7,9,15-20H2,1-3H3,(H,31,37)/t21-/m1/s1. The second kappa shape index (κ2) is 11.5. The van der Waals surface area contributed by atoms with Gasteiger partial charge in [-0.2, -0.15) is 0 Å². The molecule has 0 radical (unpaired) electrons. The van der Waals surface area contributed by atoms with E-state index in [1.54, 1.807) is 11.8 Å². The molecule has 1 spiro atoms. The summed E-state index contributed by atoms with van der Waals surface area (Å²) in [6, 6.07) is 15.5. The van der Waals surface area contributed by atoms with E-state index in [2.05, 4.69) is 21.7 Å². The van der Waals surface area contributed by atoms with Gasteiger partial charge in [-0.25, -0.2) is 4.68 Å². The molecule has 0 saturated carbocycles. The molecule has 1 N–H and O–H groups in total. The Hall–Kier alpha value is -3.88. The fraction of sp³-hybridized carbons (Fsp3) is 0.467. The Morgan fingerprint density at radius 3 is 2.56 bits per heavy atom. The molecule has 39 heavy (non-hydrogen) atoms. The zero-order chi connectivity index (χ0) is 27.4. The van der Waals surface area contributed by atoms with Crippen molar-refractivity contribution in [3.8, 4) is 17.2 Å². The SMILES string of the molecule is COc1ccc(-n2nnc(C(=O)N3CCC4(CCCCc5ccccc5OC[C@@H](C)NC4=O)CC3)c2C)cc1. The van der Waals surface area contributed by atoms with Gasteiger partial charge >= 0.3 is 0 Å². The minimum atomic E-state index is -0.487. The van der Waals surface area contributed by atoms with Gasteiger partial charge in [-0.3, -0.25) is 9.59 Å². The summed E-state index contributed by atoms with van der Waals surface area (Å²) in [6.45, 7) is 5.27. The maximum absolute atomic E-state index is 13.6. The zero-order valence-corrected chi connectivity index (χ0v) is 23.0. The Kier molecular flexibility index (Phi) is 7.86. The Morgan fingerprint density at radius 2 is 1.82 bits per heavy atom. The number of hydrogen-bond acceptors (Lipinski definition) is 6. The van der Waals surface area contributed by atoms with Crippen molar-refractivity contribution in [2.24, 2.45) is 5.41 Å². The van der Waals surface area contributed by atoms with Gasteiger partial charge in [0, 0.05) is 13.1 Å². The van der Waals surface area contributed by atoms with Crippen LogP contribution in [-0.4, -0.2) is 64.6 Å². The maximum Gasteiger partial charge on any atom is 0.276 e. The summed E-state index contributed by atoms with van der Waals surface area (Å²) in [4.78, 5) is 28.8. The highest BCUT2D eigenvalue weighted by Gasteiger charge is 2.42. The lowest BCUT2D eigenvalue weighted by Crippen LogP contribution is -2.52. The third kappa shape index (κ3) is 5.62. The number of nitrogens with zero attached hydrogens (tertiary/aromatic N) is 4. The van der Waals surface area contributed by atoms with Crippen molar-refractivity contribution in [2.45, 2.75) is 58.4 Å². The lowest BCUT2D eigenvalue weighted by Gasteiger charge is -2.41. The molecule has 0 aliphatic carbocycles. The van der Waals surface area contributed by atoms with Gasteiger partial charge in [0.1, 0.15) is 18.1 Å². The Bertz CT molecular complexity index is 1310. The summed E-state index contributed by atoms with van der Waals surface area (Å²) in [6.07, 6.45) is 4.92. The van der Waals surface area contributed by atoms with Crippen molar-refractivity contribution >= 4 is 11.8 Å². The van der Waals surface area contributed by atoms with Gasteiger partial charge in [0.05, 0.1) is 29.9 Å². The van der Waals surface area contributed by atoms with Crippen LogP contribution >= 0.6 is 0 Å². The van der Waals surface area contributed by atoms with Crippen LogP contribution in [0.1, 0.15) is 60.8 Å². The van der Waals surface area contributed by atoms with E-state index in [1.165, 1.54) is 5.56 Å². The molecule has 2 aliphatic heterocycles. The predicted molar refractivity (Wildman–Crippen MR) is 147 cm³/mol. The molecule has 3 aromatic rings. The minimum absolute atomic E-state index is 0.0705. The van der Waals surface area contributed by atoms with Crippen molar-refractivity contribution in [2.75, 3.05) is 26.8 Å². The van der Waals surface area contributed by atoms with Gasteiger partial charge in [0.25, 0.3) is 5.91 Å². The molecule has 0 unspecified atom stereocenters. The van der Waals surface area contributed by atoms with Gasteiger partial charge in [-0.1, -0.05) is 29.8 Å². The van der Waals surface area contributed by atoms with Crippen LogP contribution < -0.4 is 14.8 Å². The molecular weight excluding hydrogens is 494 g/mol. The Labute approximate surface area is 229 Å². The number of likely N-dealkylation sites (tertiary alicyclic amines) is 1. The molecule has 5 rings (SSSR count). The topological polar surface area (TPSA) is 98.6 Å². The van der Waals surface area contributed by atoms with E-state index < -0.39 is 5.41 Å². The largest absolute Gasteiger partial charge is 0.497 e. The number of rotatable bonds is 3. The molecule has 1 aromatic heterocycles. The summed E-state index contributed by atoms with van der Waals surface area (Å²) in [5.74, 6) is 1.58. The first-order chi connectivity index (χ1) is 18.9. The van der Waals surface area contributed by atoms with E-state index in [1.807, 2.05) is 61.2 Å². The first kappa shape index (κ1) is 26.7. The van der Waals surface area contributed by atoms with E-state index in [0.717, 1.165) is 42.9 Å². The lowest BCUT2D eigenvalue weighted by molar-refractivity contribution is -0.135. The molecule has 2 amide bonds. The zero-order valence-electron chi connectivity index (χ0n) is 23.0. The number of aromatic nitrogens is 3. The van der Waals surface area contributed by atoms with E-state index >= 15 is 0 Å². The number of benzene rings is 2. The summed E-state index contributed by atoms with van der Waals surface area (Å²) in [5.41, 5.74) is 2.56. The molecule has 1 fully saturated rings. The van der Waals surface area contributed by atoms with E-state index in [4.69, 9.17) is 9.47 Å². The van der Waals surface area contributed by atoms with Gasteiger partial charge in [0.2, 0.25) is 5.91 Å². The van der Waals surface area contributed by atoms with Crippen molar-refractivity contribution < 1.29 is 19.1 Å². The first-order valence-electron chi connectivity index (χ1n) is 13.8. The van der Waals surface area contributed by atoms with Crippen molar-refractivity contribution in [3.05, 3.63) is 65.5 Å². The van der Waals surface area contributed by atoms with Crippen LogP contribution in [0.2, 0.25) is 0 Å². The van der Waals surface area contributed by atoms with Gasteiger partial charge in [0.15, 0.2) is 5.69 Å². The molecule has 2 aliphatic rings. The molecule has 9 nitrogen and oxygen atoms in total. The number of carbonyl (C=O) groups is 2. The molecule has 2 aromatic carbocycles. The van der Waals surface area contributed by atoms with Crippen molar-refractivity contribution in [1.29, 1.82) is 0 Å². The maximum atomic E-state index is 13.6. The van der Waals surface area contributed by atoms with E-state index in [9.17, 15) is 9.59 Å². The van der Waals surface area contributed by atoms with Crippen LogP contribution in [0.25, 0.3) is 5.69 Å². The van der Waals surface area contributed by atoms with Crippen molar-refractivity contribution in [3.63, 3.8) is 0 Å². The molecule has 1 saturated heterocycles. The fourth-order valence-electron chi connectivity index (χ4n) is 5.64. The van der Waals surface area contributed by atoms with Crippen LogP contribution in [0, 0.1) is 12.3 Å². The number of nitrogens with one attached hydrogen (secondary N) is 1. The van der Waals surface area contributed by atoms with Crippen LogP contribution in [0.3, 0.4) is 0 Å². The number of piperidine rings is 1. The summed E-state index contributed by atoms with van der Waals surface area (Å²) in [7, 11) is 1.62. The number of hydrogen-bond donors (Lipinski definition) is 1. The number of ether oxygens (including phenoxy) is 2. The van der Waals surface area contributed by atoms with E-state index in [0.29, 0.717) is 43.9 Å². The average Bonchev–Trinajstić information content (AvgIpc) is 3.35. The third-order valence-electron chi connectivity index (χ3n) is 8.09. The van der Waals surface area contributed by atoms with Crippen LogP contribution in [0.4, 0.5) is 0 Å². The van der Waals surface area contributed by atoms with Gasteiger partial charge in [-0.15, -0.1) is 5.10 Å². The van der Waals surface area contributed by atoms with Crippen LogP contribution in [0.15, 0.2) is 48.5 Å². The number of methoxy groups -OCH3 is 1. The highest BCUT2D eigenvalue weighted by atomic mass is 16.5. The van der Waals surface area contributed by atoms with Gasteiger partial charge < -0.3 is 19.7 Å². The molecule has 0 bridgehead atoms. The van der Waals surface area contributed by atoms with E-state index in [-0.39, 0.29) is 17.9 Å². The Morgan fingerprint density at radius 1 is 1.08 bits per heavy atom. The number of aryl methyl sites for hydroxylation is 1. The number of carbonyl (C=O) groups excluding carboxylic acids is 2. The Balaban J connectivity index is 1.27. The monoisotopic (exact) mass is 531 g/mol. The molecular formula is C30H37N5O4. The smallest absolute Gasteiger partial charge is 0.276 e.